The van der Waals surface area contributed by atoms with Crippen LogP contribution in [0, 0.1) is 0 Å². The Hall–Kier alpha value is -1.94. The standard InChI is InChI=1S/C16H14O3S/c17-16(18)8-11-5-6-15-14(7-11)9-12-3-1-2-4-13(12)10-20(15)19/h1-7H,8-10H2,(H,17,18). The number of carbonyl (C=O) groups is 1. The van der Waals surface area contributed by atoms with E-state index in [1.807, 2.05) is 36.4 Å². The van der Waals surface area contributed by atoms with E-state index in [1.165, 1.54) is 5.56 Å². The van der Waals surface area contributed by atoms with Crippen LogP contribution in [0.2, 0.25) is 0 Å². The predicted octanol–water partition coefficient (Wildman–Crippen LogP) is 2.53. The van der Waals surface area contributed by atoms with Gasteiger partial charge in [0.1, 0.15) is 0 Å². The van der Waals surface area contributed by atoms with Crippen LogP contribution in [-0.2, 0) is 34.2 Å². The van der Waals surface area contributed by atoms with Crippen LogP contribution in [0.5, 0.6) is 0 Å². The molecule has 0 saturated carbocycles. The van der Waals surface area contributed by atoms with Crippen molar-refractivity contribution >= 4 is 16.8 Å². The number of carboxylic acids is 1. The molecule has 0 radical (unpaired) electrons. The van der Waals surface area contributed by atoms with Crippen molar-refractivity contribution in [1.29, 1.82) is 0 Å². The van der Waals surface area contributed by atoms with E-state index < -0.39 is 16.8 Å². The monoisotopic (exact) mass is 286 g/mol. The van der Waals surface area contributed by atoms with Crippen molar-refractivity contribution in [1.82, 2.24) is 0 Å². The van der Waals surface area contributed by atoms with Gasteiger partial charge < -0.3 is 5.11 Å². The van der Waals surface area contributed by atoms with E-state index in [0.29, 0.717) is 12.2 Å². The Balaban J connectivity index is 2.06. The summed E-state index contributed by atoms with van der Waals surface area (Å²) in [5.74, 6) is -0.318. The molecule has 1 heterocycles. The summed E-state index contributed by atoms with van der Waals surface area (Å²) >= 11 is 0. The summed E-state index contributed by atoms with van der Waals surface area (Å²) in [5.41, 5.74) is 4.02. The smallest absolute Gasteiger partial charge is 0.307 e. The van der Waals surface area contributed by atoms with Crippen molar-refractivity contribution in [3.63, 3.8) is 0 Å². The van der Waals surface area contributed by atoms with Crippen molar-refractivity contribution < 1.29 is 14.1 Å². The number of hydrogen-bond acceptors (Lipinski definition) is 2. The molecule has 0 fully saturated rings. The number of hydrogen-bond donors (Lipinski definition) is 1. The van der Waals surface area contributed by atoms with E-state index in [9.17, 15) is 9.00 Å². The molecule has 0 bridgehead atoms. The van der Waals surface area contributed by atoms with Crippen molar-refractivity contribution in [2.75, 3.05) is 0 Å². The molecule has 0 aliphatic carbocycles. The van der Waals surface area contributed by atoms with Gasteiger partial charge >= 0.3 is 5.97 Å². The first-order chi connectivity index (χ1) is 9.63. The molecule has 0 saturated heterocycles. The molecule has 2 aromatic carbocycles. The van der Waals surface area contributed by atoms with Crippen molar-refractivity contribution in [3.8, 4) is 0 Å². The van der Waals surface area contributed by atoms with E-state index in [4.69, 9.17) is 5.11 Å². The minimum absolute atomic E-state index is 0.00155. The zero-order chi connectivity index (χ0) is 14.1. The zero-order valence-corrected chi connectivity index (χ0v) is 11.7. The normalized spacial score (nSPS) is 16.9. The lowest BCUT2D eigenvalue weighted by Crippen LogP contribution is -2.02. The molecule has 102 valence electrons. The third kappa shape index (κ3) is 2.51. The van der Waals surface area contributed by atoms with E-state index >= 15 is 0 Å². The maximum absolute atomic E-state index is 12.4. The fourth-order valence-corrected chi connectivity index (χ4v) is 3.94. The molecule has 0 amide bonds. The van der Waals surface area contributed by atoms with Gasteiger partial charge in [-0.1, -0.05) is 36.4 Å². The lowest BCUT2D eigenvalue weighted by molar-refractivity contribution is -0.136. The van der Waals surface area contributed by atoms with Crippen LogP contribution in [0.1, 0.15) is 22.3 Å². The van der Waals surface area contributed by atoms with Crippen molar-refractivity contribution in [3.05, 3.63) is 64.7 Å². The largest absolute Gasteiger partial charge is 0.481 e. The summed E-state index contributed by atoms with van der Waals surface area (Å²) in [4.78, 5) is 11.6. The fourth-order valence-electron chi connectivity index (χ4n) is 2.57. The molecule has 3 nitrogen and oxygen atoms in total. The third-order valence-electron chi connectivity index (χ3n) is 3.51. The maximum atomic E-state index is 12.4. The van der Waals surface area contributed by atoms with Crippen molar-refractivity contribution in [2.45, 2.75) is 23.5 Å². The highest BCUT2D eigenvalue weighted by Gasteiger charge is 2.18. The molecule has 1 aliphatic rings. The Kier molecular flexibility index (Phi) is 3.40. The van der Waals surface area contributed by atoms with E-state index in [2.05, 4.69) is 0 Å². The van der Waals surface area contributed by atoms with E-state index in [-0.39, 0.29) is 6.42 Å². The van der Waals surface area contributed by atoms with Gasteiger partial charge in [-0.15, -0.1) is 0 Å². The topological polar surface area (TPSA) is 54.4 Å². The first-order valence-electron chi connectivity index (χ1n) is 6.42. The second-order valence-electron chi connectivity index (χ2n) is 4.95. The van der Waals surface area contributed by atoms with Crippen LogP contribution in [0.15, 0.2) is 47.4 Å². The minimum atomic E-state index is -1.06. The first kappa shape index (κ1) is 13.1. The molecular weight excluding hydrogens is 272 g/mol. The second-order valence-corrected chi connectivity index (χ2v) is 6.37. The average molecular weight is 286 g/mol. The number of aliphatic carboxylic acids is 1. The number of benzene rings is 2. The lowest BCUT2D eigenvalue weighted by atomic mass is 9.99. The minimum Gasteiger partial charge on any atom is -0.481 e. The molecule has 0 aromatic heterocycles. The highest BCUT2D eigenvalue weighted by atomic mass is 32.2. The summed E-state index contributed by atoms with van der Waals surface area (Å²) in [6.07, 6.45) is 0.715. The van der Waals surface area contributed by atoms with Crippen LogP contribution >= 0.6 is 0 Å². The molecule has 4 heteroatoms. The Morgan fingerprint density at radius 1 is 1.10 bits per heavy atom. The molecule has 20 heavy (non-hydrogen) atoms. The molecule has 1 unspecified atom stereocenters. The molecule has 1 N–H and O–H groups in total. The van der Waals surface area contributed by atoms with Gasteiger partial charge in [-0.25, -0.2) is 0 Å². The van der Waals surface area contributed by atoms with Gasteiger partial charge in [0.15, 0.2) is 0 Å². The van der Waals surface area contributed by atoms with Crippen molar-refractivity contribution in [2.24, 2.45) is 0 Å². The fraction of sp³-hybridized carbons (Fsp3) is 0.188. The Morgan fingerprint density at radius 2 is 1.85 bits per heavy atom. The summed E-state index contributed by atoms with van der Waals surface area (Å²) in [5, 5.41) is 8.88. The third-order valence-corrected chi connectivity index (χ3v) is 4.97. The number of carboxylic acid groups (broad SMARTS) is 1. The zero-order valence-electron chi connectivity index (χ0n) is 10.8. The van der Waals surface area contributed by atoms with Gasteiger partial charge in [-0.2, -0.15) is 0 Å². The van der Waals surface area contributed by atoms with Crippen LogP contribution in [0.4, 0.5) is 0 Å². The molecular formula is C16H14O3S. The molecule has 2 aromatic rings. The highest BCUT2D eigenvalue weighted by molar-refractivity contribution is 7.84. The summed E-state index contributed by atoms with van der Waals surface area (Å²) in [7, 11) is -1.06. The summed E-state index contributed by atoms with van der Waals surface area (Å²) in [6, 6.07) is 13.5. The average Bonchev–Trinajstić information content (AvgIpc) is 2.53. The Bertz CT molecular complexity index is 707. The number of rotatable bonds is 2. The first-order valence-corrected chi connectivity index (χ1v) is 7.74. The van der Waals surface area contributed by atoms with E-state index in [1.54, 1.807) is 6.07 Å². The molecule has 0 spiro atoms. The predicted molar refractivity (Wildman–Crippen MR) is 77.1 cm³/mol. The maximum Gasteiger partial charge on any atom is 0.307 e. The van der Waals surface area contributed by atoms with Crippen LogP contribution < -0.4 is 0 Å². The lowest BCUT2D eigenvalue weighted by Gasteiger charge is -2.07. The van der Waals surface area contributed by atoms with Gasteiger partial charge in [0.05, 0.1) is 23.0 Å². The summed E-state index contributed by atoms with van der Waals surface area (Å²) < 4.78 is 12.4. The SMILES string of the molecule is O=C(O)Cc1ccc2c(c1)Cc1ccccc1CS2=O. The highest BCUT2D eigenvalue weighted by Crippen LogP contribution is 2.28. The quantitative estimate of drug-likeness (QED) is 0.923. The van der Waals surface area contributed by atoms with Gasteiger partial charge in [-0.3, -0.25) is 9.00 Å². The Morgan fingerprint density at radius 3 is 2.60 bits per heavy atom. The molecule has 1 aliphatic heterocycles. The Labute approximate surface area is 119 Å². The molecule has 1 atom stereocenters. The van der Waals surface area contributed by atoms with Gasteiger partial charge in [0, 0.05) is 4.90 Å². The van der Waals surface area contributed by atoms with Gasteiger partial charge in [0.2, 0.25) is 0 Å². The number of fused-ring (bicyclic) bond motifs is 2. The summed E-state index contributed by atoms with van der Waals surface area (Å²) in [6.45, 7) is 0. The van der Waals surface area contributed by atoms with Crippen LogP contribution in [0.3, 0.4) is 0 Å². The van der Waals surface area contributed by atoms with Gasteiger partial charge in [0.25, 0.3) is 0 Å². The van der Waals surface area contributed by atoms with E-state index in [0.717, 1.165) is 21.6 Å². The van der Waals surface area contributed by atoms with Gasteiger partial charge in [-0.05, 0) is 34.7 Å². The van der Waals surface area contributed by atoms with Crippen LogP contribution in [0.25, 0.3) is 0 Å². The molecule has 3 rings (SSSR count). The van der Waals surface area contributed by atoms with Crippen LogP contribution in [-0.4, -0.2) is 15.3 Å². The second kappa shape index (κ2) is 5.21.